The number of anilines is 3. The molecule has 0 fully saturated rings. The molecule has 0 heterocycles. The van der Waals surface area contributed by atoms with Gasteiger partial charge in [0, 0.05) is 17.8 Å². The molecule has 2 aromatic rings. The quantitative estimate of drug-likeness (QED) is 0.753. The highest BCUT2D eigenvalue weighted by Crippen LogP contribution is 2.33. The summed E-state index contributed by atoms with van der Waals surface area (Å²) in [6, 6.07) is 3.21. The molecule has 4 nitrogen and oxygen atoms in total. The first kappa shape index (κ1) is 15.0. The van der Waals surface area contributed by atoms with Crippen LogP contribution < -0.4 is 11.1 Å². The molecule has 0 aliphatic heterocycles. The van der Waals surface area contributed by atoms with Crippen molar-refractivity contribution in [2.75, 3.05) is 11.1 Å². The van der Waals surface area contributed by atoms with E-state index in [1.54, 1.807) is 0 Å². The Balaban J connectivity index is 2.57. The van der Waals surface area contributed by atoms with Crippen molar-refractivity contribution in [1.29, 1.82) is 0 Å². The Labute approximate surface area is 121 Å². The Kier molecular flexibility index (Phi) is 3.95. The average molecular weight is 317 g/mol. The minimum Gasteiger partial charge on any atom is -0.478 e. The molecule has 0 saturated heterocycles. The summed E-state index contributed by atoms with van der Waals surface area (Å²) in [4.78, 5) is 11.1. The lowest BCUT2D eigenvalue weighted by Gasteiger charge is -2.14. The number of nitrogens with two attached hydrogens (primary N) is 1. The van der Waals surface area contributed by atoms with Crippen LogP contribution in [0.4, 0.5) is 30.2 Å². The number of hydrogen-bond acceptors (Lipinski definition) is 3. The van der Waals surface area contributed by atoms with Gasteiger partial charge in [-0.15, -0.1) is 0 Å². The van der Waals surface area contributed by atoms with Gasteiger partial charge in [-0.1, -0.05) is 11.6 Å². The Morgan fingerprint density at radius 2 is 1.67 bits per heavy atom. The van der Waals surface area contributed by atoms with E-state index < -0.39 is 29.1 Å². The molecule has 0 spiro atoms. The molecule has 0 amide bonds. The maximum absolute atomic E-state index is 13.6. The van der Waals surface area contributed by atoms with Gasteiger partial charge in [0.15, 0.2) is 11.6 Å². The number of hydrogen-bond donors (Lipinski definition) is 3. The van der Waals surface area contributed by atoms with E-state index in [1.807, 2.05) is 0 Å². The zero-order chi connectivity index (χ0) is 15.7. The lowest BCUT2D eigenvalue weighted by Crippen LogP contribution is -2.07. The van der Waals surface area contributed by atoms with Crippen molar-refractivity contribution < 1.29 is 23.1 Å². The molecular formula is C13H8ClF3N2O2. The standard InChI is InChI=1S/C13H8ClF3N2O2/c14-8-4-6(18)3-7(13(20)21)11(8)19-12-9(16)1-5(15)2-10(12)17/h1-4,19H,18H2,(H,20,21). The van der Waals surface area contributed by atoms with Crippen LogP contribution in [0, 0.1) is 17.5 Å². The number of carboxylic acids is 1. The number of carboxylic acid groups (broad SMARTS) is 1. The molecule has 0 atom stereocenters. The molecule has 0 aromatic heterocycles. The molecule has 8 heteroatoms. The van der Waals surface area contributed by atoms with Crippen LogP contribution in [0.2, 0.25) is 5.02 Å². The fourth-order valence-electron chi connectivity index (χ4n) is 1.71. The SMILES string of the molecule is Nc1cc(Cl)c(Nc2c(F)cc(F)cc2F)c(C(=O)O)c1. The van der Waals surface area contributed by atoms with Gasteiger partial charge in [0.1, 0.15) is 11.5 Å². The van der Waals surface area contributed by atoms with E-state index in [1.165, 1.54) is 6.07 Å². The number of nitrogens with one attached hydrogen (secondary N) is 1. The highest BCUT2D eigenvalue weighted by molar-refractivity contribution is 6.34. The predicted octanol–water partition coefficient (Wildman–Crippen LogP) is 3.78. The molecule has 110 valence electrons. The van der Waals surface area contributed by atoms with Gasteiger partial charge in [0.05, 0.1) is 16.3 Å². The summed E-state index contributed by atoms with van der Waals surface area (Å²) in [7, 11) is 0. The van der Waals surface area contributed by atoms with Crippen LogP contribution in [0.25, 0.3) is 0 Å². The summed E-state index contributed by atoms with van der Waals surface area (Å²) < 4.78 is 40.0. The van der Waals surface area contributed by atoms with Gasteiger partial charge in [-0.25, -0.2) is 18.0 Å². The maximum Gasteiger partial charge on any atom is 0.337 e. The van der Waals surface area contributed by atoms with Gasteiger partial charge >= 0.3 is 5.97 Å². The van der Waals surface area contributed by atoms with E-state index in [9.17, 15) is 18.0 Å². The van der Waals surface area contributed by atoms with Gasteiger partial charge in [0.25, 0.3) is 0 Å². The number of carbonyl (C=O) groups is 1. The third-order valence-electron chi connectivity index (χ3n) is 2.60. The summed E-state index contributed by atoms with van der Waals surface area (Å²) in [5.74, 6) is -4.94. The number of rotatable bonds is 3. The fraction of sp³-hybridized carbons (Fsp3) is 0. The summed E-state index contributed by atoms with van der Waals surface area (Å²) >= 11 is 5.84. The van der Waals surface area contributed by atoms with Gasteiger partial charge < -0.3 is 16.2 Å². The average Bonchev–Trinajstić information content (AvgIpc) is 2.34. The highest BCUT2D eigenvalue weighted by atomic mass is 35.5. The Morgan fingerprint density at radius 1 is 1.10 bits per heavy atom. The molecule has 4 N–H and O–H groups in total. The molecule has 0 radical (unpaired) electrons. The molecular weight excluding hydrogens is 309 g/mol. The first-order valence-corrected chi connectivity index (χ1v) is 5.91. The zero-order valence-electron chi connectivity index (χ0n) is 10.3. The number of aromatic carboxylic acids is 1. The normalized spacial score (nSPS) is 10.5. The molecule has 0 bridgehead atoms. The lowest BCUT2D eigenvalue weighted by atomic mass is 10.1. The fourth-order valence-corrected chi connectivity index (χ4v) is 1.99. The summed E-state index contributed by atoms with van der Waals surface area (Å²) in [6.45, 7) is 0. The molecule has 2 aromatic carbocycles. The van der Waals surface area contributed by atoms with E-state index in [-0.39, 0.29) is 22.0 Å². The van der Waals surface area contributed by atoms with Crippen LogP contribution in [-0.4, -0.2) is 11.1 Å². The van der Waals surface area contributed by atoms with Crippen LogP contribution >= 0.6 is 11.6 Å². The molecule has 21 heavy (non-hydrogen) atoms. The van der Waals surface area contributed by atoms with Gasteiger partial charge in [0.2, 0.25) is 0 Å². The molecule has 2 rings (SSSR count). The second-order valence-electron chi connectivity index (χ2n) is 4.10. The van der Waals surface area contributed by atoms with E-state index in [4.69, 9.17) is 22.4 Å². The summed E-state index contributed by atoms with van der Waals surface area (Å²) in [5, 5.41) is 11.2. The first-order valence-electron chi connectivity index (χ1n) is 5.53. The van der Waals surface area contributed by atoms with Gasteiger partial charge in [-0.2, -0.15) is 0 Å². The number of nitrogen functional groups attached to an aromatic ring is 1. The second-order valence-corrected chi connectivity index (χ2v) is 4.51. The van der Waals surface area contributed by atoms with E-state index in [0.717, 1.165) is 6.07 Å². The first-order chi connectivity index (χ1) is 9.79. The summed E-state index contributed by atoms with van der Waals surface area (Å²) in [6.07, 6.45) is 0. The van der Waals surface area contributed by atoms with Crippen molar-refractivity contribution in [2.45, 2.75) is 0 Å². The highest BCUT2D eigenvalue weighted by Gasteiger charge is 2.19. The van der Waals surface area contributed by atoms with Crippen LogP contribution in [0.15, 0.2) is 24.3 Å². The van der Waals surface area contributed by atoms with Gasteiger partial charge in [-0.05, 0) is 12.1 Å². The minimum atomic E-state index is -1.39. The topological polar surface area (TPSA) is 75.3 Å². The van der Waals surface area contributed by atoms with Crippen molar-refractivity contribution in [3.63, 3.8) is 0 Å². The van der Waals surface area contributed by atoms with Gasteiger partial charge in [-0.3, -0.25) is 0 Å². The smallest absolute Gasteiger partial charge is 0.337 e. The molecule has 0 aliphatic rings. The maximum atomic E-state index is 13.6. The van der Waals surface area contributed by atoms with Crippen LogP contribution in [0.3, 0.4) is 0 Å². The third-order valence-corrected chi connectivity index (χ3v) is 2.90. The monoisotopic (exact) mass is 316 g/mol. The van der Waals surface area contributed by atoms with Crippen molar-refractivity contribution in [2.24, 2.45) is 0 Å². The lowest BCUT2D eigenvalue weighted by molar-refractivity contribution is 0.0698. The molecule has 0 unspecified atom stereocenters. The Bertz CT molecular complexity index is 715. The van der Waals surface area contributed by atoms with Crippen molar-refractivity contribution in [1.82, 2.24) is 0 Å². The zero-order valence-corrected chi connectivity index (χ0v) is 11.0. The Hall–Kier alpha value is -2.41. The largest absolute Gasteiger partial charge is 0.478 e. The molecule has 0 aliphatic carbocycles. The van der Waals surface area contributed by atoms with Crippen molar-refractivity contribution >= 4 is 34.6 Å². The Morgan fingerprint density at radius 3 is 2.19 bits per heavy atom. The second kappa shape index (κ2) is 5.53. The van der Waals surface area contributed by atoms with Crippen molar-refractivity contribution in [3.05, 3.63) is 52.3 Å². The minimum absolute atomic E-state index is 0.0722. The van der Waals surface area contributed by atoms with E-state index in [0.29, 0.717) is 12.1 Å². The predicted molar refractivity (Wildman–Crippen MR) is 72.4 cm³/mol. The number of benzene rings is 2. The van der Waals surface area contributed by atoms with Crippen LogP contribution in [-0.2, 0) is 0 Å². The molecule has 0 saturated carbocycles. The van der Waals surface area contributed by atoms with E-state index in [2.05, 4.69) is 5.32 Å². The van der Waals surface area contributed by atoms with Crippen LogP contribution in [0.1, 0.15) is 10.4 Å². The number of halogens is 4. The van der Waals surface area contributed by atoms with Crippen LogP contribution in [0.5, 0.6) is 0 Å². The summed E-state index contributed by atoms with van der Waals surface area (Å²) in [5.41, 5.74) is 4.20. The third kappa shape index (κ3) is 3.03. The van der Waals surface area contributed by atoms with E-state index >= 15 is 0 Å². The van der Waals surface area contributed by atoms with Crippen molar-refractivity contribution in [3.8, 4) is 0 Å².